The van der Waals surface area contributed by atoms with E-state index in [1.807, 2.05) is 24.3 Å². The molecule has 0 atom stereocenters. The first kappa shape index (κ1) is 13.7. The number of aryl methyl sites for hydroxylation is 3. The van der Waals surface area contributed by atoms with Gasteiger partial charge >= 0.3 is 0 Å². The van der Waals surface area contributed by atoms with Gasteiger partial charge < -0.3 is 10.3 Å². The van der Waals surface area contributed by atoms with Crippen LogP contribution in [0.5, 0.6) is 0 Å². The van der Waals surface area contributed by atoms with Crippen molar-refractivity contribution in [3.05, 3.63) is 47.5 Å². The minimum absolute atomic E-state index is 0.781. The molecule has 3 rings (SSSR count). The Labute approximate surface area is 125 Å². The van der Waals surface area contributed by atoms with Crippen LogP contribution in [0.4, 0.5) is 5.69 Å². The van der Waals surface area contributed by atoms with E-state index in [1.54, 1.807) is 0 Å². The van der Waals surface area contributed by atoms with Crippen LogP contribution in [-0.2, 0) is 6.54 Å². The average molecular weight is 279 g/mol. The van der Waals surface area contributed by atoms with Crippen molar-refractivity contribution in [2.45, 2.75) is 33.7 Å². The van der Waals surface area contributed by atoms with E-state index >= 15 is 0 Å². The topological polar surface area (TPSA) is 43.8 Å². The van der Waals surface area contributed by atoms with Crippen LogP contribution in [0, 0.1) is 13.8 Å². The molecule has 0 fully saturated rings. The molecule has 0 saturated carbocycles. The number of aromatic nitrogens is 2. The number of nitrogens with two attached hydrogens (primary N) is 1. The first-order valence-electron chi connectivity index (χ1n) is 7.43. The molecule has 0 aliphatic carbocycles. The number of fused-ring (bicyclic) bond motifs is 1. The lowest BCUT2D eigenvalue weighted by Crippen LogP contribution is -2.00. The molecule has 2 aromatic carbocycles. The lowest BCUT2D eigenvalue weighted by atomic mass is 10.1. The van der Waals surface area contributed by atoms with Gasteiger partial charge in [0, 0.05) is 17.8 Å². The summed E-state index contributed by atoms with van der Waals surface area (Å²) in [6.07, 6.45) is 1.08. The van der Waals surface area contributed by atoms with Gasteiger partial charge in [0.05, 0.1) is 11.0 Å². The fourth-order valence-electron chi connectivity index (χ4n) is 2.68. The Morgan fingerprint density at radius 3 is 2.38 bits per heavy atom. The summed E-state index contributed by atoms with van der Waals surface area (Å²) in [7, 11) is 0. The van der Waals surface area contributed by atoms with Gasteiger partial charge in [-0.25, -0.2) is 4.98 Å². The lowest BCUT2D eigenvalue weighted by Gasteiger charge is -2.09. The number of hydrogen-bond acceptors (Lipinski definition) is 2. The Bertz CT molecular complexity index is 782. The molecule has 0 unspecified atom stereocenters. The van der Waals surface area contributed by atoms with Crippen molar-refractivity contribution in [2.75, 3.05) is 5.73 Å². The Morgan fingerprint density at radius 2 is 1.71 bits per heavy atom. The molecule has 1 aromatic heterocycles. The van der Waals surface area contributed by atoms with Crippen molar-refractivity contribution < 1.29 is 0 Å². The van der Waals surface area contributed by atoms with Crippen LogP contribution < -0.4 is 5.73 Å². The summed E-state index contributed by atoms with van der Waals surface area (Å²) >= 11 is 0. The normalized spacial score (nSPS) is 11.2. The van der Waals surface area contributed by atoms with Crippen LogP contribution in [0.2, 0.25) is 0 Å². The first-order valence-corrected chi connectivity index (χ1v) is 7.43. The highest BCUT2D eigenvalue weighted by Gasteiger charge is 2.13. The van der Waals surface area contributed by atoms with Gasteiger partial charge in [0.2, 0.25) is 0 Å². The molecule has 0 radical (unpaired) electrons. The average Bonchev–Trinajstić information content (AvgIpc) is 2.79. The molecule has 0 aliphatic heterocycles. The van der Waals surface area contributed by atoms with Crippen LogP contribution in [0.25, 0.3) is 22.4 Å². The summed E-state index contributed by atoms with van der Waals surface area (Å²) in [4.78, 5) is 4.86. The Balaban J connectivity index is 2.25. The van der Waals surface area contributed by atoms with Gasteiger partial charge in [-0.1, -0.05) is 6.92 Å². The Kier molecular flexibility index (Phi) is 3.42. The summed E-state index contributed by atoms with van der Waals surface area (Å²) in [5.41, 5.74) is 12.6. The van der Waals surface area contributed by atoms with Gasteiger partial charge in [0.15, 0.2) is 0 Å². The Hall–Kier alpha value is -2.29. The summed E-state index contributed by atoms with van der Waals surface area (Å²) < 4.78 is 2.31. The standard InChI is InChI=1S/C18H21N3/c1-4-9-21-17-11-13(3)12(2)10-16(17)20-18(21)14-5-7-15(19)8-6-14/h5-8,10-11H,4,9,19H2,1-3H3. The number of nitrogen functional groups attached to an aromatic ring is 1. The van der Waals surface area contributed by atoms with E-state index in [0.29, 0.717) is 0 Å². The fourth-order valence-corrected chi connectivity index (χ4v) is 2.68. The molecular formula is C18H21N3. The van der Waals surface area contributed by atoms with Crippen molar-refractivity contribution in [3.63, 3.8) is 0 Å². The van der Waals surface area contributed by atoms with E-state index in [0.717, 1.165) is 35.6 Å². The van der Waals surface area contributed by atoms with E-state index in [9.17, 15) is 0 Å². The fraction of sp³-hybridized carbons (Fsp3) is 0.278. The second-order valence-electron chi connectivity index (χ2n) is 5.63. The van der Waals surface area contributed by atoms with E-state index in [4.69, 9.17) is 10.7 Å². The molecule has 0 aliphatic rings. The molecule has 3 heteroatoms. The third-order valence-corrected chi connectivity index (χ3v) is 3.98. The van der Waals surface area contributed by atoms with Gasteiger partial charge in [0.25, 0.3) is 0 Å². The summed E-state index contributed by atoms with van der Waals surface area (Å²) in [5.74, 6) is 1.02. The summed E-state index contributed by atoms with van der Waals surface area (Å²) in [6, 6.07) is 12.4. The third kappa shape index (κ3) is 2.40. The predicted molar refractivity (Wildman–Crippen MR) is 89.3 cm³/mol. The molecule has 21 heavy (non-hydrogen) atoms. The maximum Gasteiger partial charge on any atom is 0.141 e. The van der Waals surface area contributed by atoms with Crippen molar-refractivity contribution in [2.24, 2.45) is 0 Å². The van der Waals surface area contributed by atoms with Crippen LogP contribution in [0.1, 0.15) is 24.5 Å². The molecule has 1 heterocycles. The number of anilines is 1. The quantitative estimate of drug-likeness (QED) is 0.726. The molecule has 3 aromatic rings. The molecule has 0 spiro atoms. The molecule has 0 amide bonds. The summed E-state index contributed by atoms with van der Waals surface area (Å²) in [5, 5.41) is 0. The third-order valence-electron chi connectivity index (χ3n) is 3.98. The van der Waals surface area contributed by atoms with Crippen molar-refractivity contribution in [1.29, 1.82) is 0 Å². The molecule has 108 valence electrons. The van der Waals surface area contributed by atoms with E-state index in [2.05, 4.69) is 37.5 Å². The van der Waals surface area contributed by atoms with Gasteiger partial charge in [-0.05, 0) is 67.8 Å². The second-order valence-corrected chi connectivity index (χ2v) is 5.63. The van der Waals surface area contributed by atoms with Crippen LogP contribution >= 0.6 is 0 Å². The van der Waals surface area contributed by atoms with Crippen LogP contribution in [0.15, 0.2) is 36.4 Å². The lowest BCUT2D eigenvalue weighted by molar-refractivity contribution is 0.704. The zero-order valence-corrected chi connectivity index (χ0v) is 12.9. The Morgan fingerprint density at radius 1 is 1.05 bits per heavy atom. The zero-order chi connectivity index (χ0) is 15.0. The molecule has 0 bridgehead atoms. The van der Waals surface area contributed by atoms with E-state index in [1.165, 1.54) is 16.6 Å². The number of imidazole rings is 1. The molecule has 3 nitrogen and oxygen atoms in total. The van der Waals surface area contributed by atoms with E-state index < -0.39 is 0 Å². The van der Waals surface area contributed by atoms with Gasteiger partial charge in [-0.3, -0.25) is 0 Å². The van der Waals surface area contributed by atoms with Gasteiger partial charge in [0.1, 0.15) is 5.82 Å². The number of nitrogens with zero attached hydrogens (tertiary/aromatic N) is 2. The predicted octanol–water partition coefficient (Wildman–Crippen LogP) is 4.31. The SMILES string of the molecule is CCCn1c(-c2ccc(N)cc2)nc2cc(C)c(C)cc21. The highest BCUT2D eigenvalue weighted by atomic mass is 15.1. The second kappa shape index (κ2) is 5.24. The molecule has 2 N–H and O–H groups in total. The largest absolute Gasteiger partial charge is 0.399 e. The van der Waals surface area contributed by atoms with E-state index in [-0.39, 0.29) is 0 Å². The molecular weight excluding hydrogens is 258 g/mol. The minimum Gasteiger partial charge on any atom is -0.399 e. The molecule has 0 saturated heterocycles. The van der Waals surface area contributed by atoms with Gasteiger partial charge in [-0.2, -0.15) is 0 Å². The van der Waals surface area contributed by atoms with Crippen LogP contribution in [0.3, 0.4) is 0 Å². The maximum absolute atomic E-state index is 5.79. The van der Waals surface area contributed by atoms with Crippen molar-refractivity contribution >= 4 is 16.7 Å². The first-order chi connectivity index (χ1) is 10.1. The smallest absolute Gasteiger partial charge is 0.141 e. The number of rotatable bonds is 3. The number of hydrogen-bond donors (Lipinski definition) is 1. The summed E-state index contributed by atoms with van der Waals surface area (Å²) in [6.45, 7) is 7.45. The van der Waals surface area contributed by atoms with Crippen LogP contribution in [-0.4, -0.2) is 9.55 Å². The van der Waals surface area contributed by atoms with Crippen molar-refractivity contribution in [1.82, 2.24) is 9.55 Å². The highest BCUT2D eigenvalue weighted by molar-refractivity contribution is 5.82. The van der Waals surface area contributed by atoms with Gasteiger partial charge in [-0.15, -0.1) is 0 Å². The minimum atomic E-state index is 0.781. The monoisotopic (exact) mass is 279 g/mol. The maximum atomic E-state index is 5.79. The van der Waals surface area contributed by atoms with Crippen molar-refractivity contribution in [3.8, 4) is 11.4 Å². The number of benzene rings is 2. The zero-order valence-electron chi connectivity index (χ0n) is 12.9. The highest BCUT2D eigenvalue weighted by Crippen LogP contribution is 2.27.